The normalized spacial score (nSPS) is 11.9. The molecule has 152 valence electrons. The first-order valence-electron chi connectivity index (χ1n) is 9.34. The summed E-state index contributed by atoms with van der Waals surface area (Å²) in [6.07, 6.45) is 0. The van der Waals surface area contributed by atoms with Crippen LogP contribution < -0.4 is 10.4 Å². The van der Waals surface area contributed by atoms with Gasteiger partial charge in [0, 0.05) is 5.39 Å². The smallest absolute Gasteiger partial charge is 0.349 e. The number of aromatic nitrogens is 1. The summed E-state index contributed by atoms with van der Waals surface area (Å²) in [6, 6.07) is 14.1. The molecule has 8 heteroatoms. The van der Waals surface area contributed by atoms with Crippen LogP contribution in [0.15, 0.2) is 62.7 Å². The van der Waals surface area contributed by atoms with Crippen LogP contribution in [-0.2, 0) is 16.1 Å². The molecular formula is C22H18N2O5S. The van der Waals surface area contributed by atoms with Crippen molar-refractivity contribution in [3.8, 4) is 0 Å². The van der Waals surface area contributed by atoms with Crippen LogP contribution >= 0.6 is 11.3 Å². The van der Waals surface area contributed by atoms with Gasteiger partial charge in [-0.1, -0.05) is 35.6 Å². The Kier molecular flexibility index (Phi) is 5.33. The standard InChI is InChI=1S/C22H18N2O5S/c1-3-28-19(25)12-24-16-9-8-13(2)10-18(16)30-22(24)23-20(26)15-11-14-6-4-5-7-17(14)29-21(15)27/h4-11H,3,12H2,1-2H3. The number of fused-ring (bicyclic) bond motifs is 2. The predicted molar refractivity (Wildman–Crippen MR) is 114 cm³/mol. The van der Waals surface area contributed by atoms with Crippen molar-refractivity contribution < 1.29 is 18.7 Å². The molecule has 4 rings (SSSR count). The highest BCUT2D eigenvalue weighted by Crippen LogP contribution is 2.19. The molecule has 2 heterocycles. The summed E-state index contributed by atoms with van der Waals surface area (Å²) in [5, 5.41) is 0.627. The maximum atomic E-state index is 12.8. The van der Waals surface area contributed by atoms with E-state index in [1.165, 1.54) is 17.4 Å². The highest BCUT2D eigenvalue weighted by molar-refractivity contribution is 7.16. The average molecular weight is 422 g/mol. The molecule has 0 spiro atoms. The quantitative estimate of drug-likeness (QED) is 0.371. The summed E-state index contributed by atoms with van der Waals surface area (Å²) >= 11 is 1.27. The van der Waals surface area contributed by atoms with Crippen LogP contribution in [0.3, 0.4) is 0 Å². The zero-order valence-corrected chi connectivity index (χ0v) is 17.2. The Labute approximate surface area is 174 Å². The Hall–Kier alpha value is -3.52. The Morgan fingerprint density at radius 2 is 1.97 bits per heavy atom. The Bertz CT molecular complexity index is 1410. The highest BCUT2D eigenvalue weighted by Gasteiger charge is 2.16. The van der Waals surface area contributed by atoms with E-state index < -0.39 is 17.5 Å². The van der Waals surface area contributed by atoms with Crippen molar-refractivity contribution >= 4 is 44.4 Å². The van der Waals surface area contributed by atoms with Crippen LogP contribution in [-0.4, -0.2) is 23.1 Å². The van der Waals surface area contributed by atoms with Crippen molar-refractivity contribution in [1.29, 1.82) is 0 Å². The number of rotatable bonds is 4. The lowest BCUT2D eigenvalue weighted by atomic mass is 10.2. The van der Waals surface area contributed by atoms with Crippen molar-refractivity contribution in [2.45, 2.75) is 20.4 Å². The molecule has 0 radical (unpaired) electrons. The molecule has 0 bridgehead atoms. The Morgan fingerprint density at radius 3 is 2.77 bits per heavy atom. The van der Waals surface area contributed by atoms with Crippen LogP contribution in [0.1, 0.15) is 22.8 Å². The van der Waals surface area contributed by atoms with Gasteiger partial charge in [0.25, 0.3) is 5.91 Å². The van der Waals surface area contributed by atoms with E-state index >= 15 is 0 Å². The Morgan fingerprint density at radius 1 is 1.17 bits per heavy atom. The van der Waals surface area contributed by atoms with Crippen molar-refractivity contribution in [1.82, 2.24) is 4.57 Å². The van der Waals surface area contributed by atoms with Gasteiger partial charge >= 0.3 is 11.6 Å². The SMILES string of the molecule is CCOC(=O)Cn1c(=NC(=O)c2cc3ccccc3oc2=O)sc2cc(C)ccc21. The summed E-state index contributed by atoms with van der Waals surface area (Å²) in [6.45, 7) is 3.85. The molecule has 0 unspecified atom stereocenters. The monoisotopic (exact) mass is 422 g/mol. The van der Waals surface area contributed by atoms with E-state index in [-0.39, 0.29) is 18.7 Å². The van der Waals surface area contributed by atoms with Gasteiger partial charge in [-0.3, -0.25) is 9.59 Å². The van der Waals surface area contributed by atoms with Gasteiger partial charge in [-0.25, -0.2) is 4.79 Å². The molecule has 4 aromatic rings. The van der Waals surface area contributed by atoms with Gasteiger partial charge in [0.15, 0.2) is 4.80 Å². The fraction of sp³-hybridized carbons (Fsp3) is 0.182. The Balaban J connectivity index is 1.85. The van der Waals surface area contributed by atoms with Gasteiger partial charge < -0.3 is 13.7 Å². The topological polar surface area (TPSA) is 90.9 Å². The lowest BCUT2D eigenvalue weighted by molar-refractivity contribution is -0.143. The third kappa shape index (κ3) is 3.81. The van der Waals surface area contributed by atoms with Crippen molar-refractivity contribution in [2.24, 2.45) is 4.99 Å². The number of carbonyl (C=O) groups is 2. The summed E-state index contributed by atoms with van der Waals surface area (Å²) < 4.78 is 12.8. The van der Waals surface area contributed by atoms with Crippen LogP contribution in [0.5, 0.6) is 0 Å². The van der Waals surface area contributed by atoms with Crippen molar-refractivity contribution in [3.05, 3.63) is 74.9 Å². The zero-order valence-electron chi connectivity index (χ0n) is 16.4. The fourth-order valence-electron chi connectivity index (χ4n) is 3.11. The number of aryl methyl sites for hydroxylation is 1. The summed E-state index contributed by atoms with van der Waals surface area (Å²) in [5.74, 6) is -1.16. The molecule has 0 aliphatic rings. The molecule has 0 saturated heterocycles. The number of benzene rings is 2. The molecule has 2 aromatic heterocycles. The van der Waals surface area contributed by atoms with E-state index in [1.54, 1.807) is 35.8 Å². The minimum atomic E-state index is -0.753. The molecule has 0 aliphatic carbocycles. The van der Waals surface area contributed by atoms with Gasteiger partial charge in [-0.15, -0.1) is 0 Å². The summed E-state index contributed by atoms with van der Waals surface area (Å²) in [7, 11) is 0. The molecule has 2 aromatic carbocycles. The second kappa shape index (κ2) is 8.08. The van der Waals surface area contributed by atoms with Gasteiger partial charge in [-0.05, 0) is 43.7 Å². The maximum Gasteiger partial charge on any atom is 0.349 e. The second-order valence-corrected chi connectivity index (χ2v) is 7.66. The number of para-hydroxylation sites is 1. The van der Waals surface area contributed by atoms with Crippen LogP contribution in [0.25, 0.3) is 21.2 Å². The first-order valence-corrected chi connectivity index (χ1v) is 10.2. The van der Waals surface area contributed by atoms with E-state index in [4.69, 9.17) is 9.15 Å². The number of hydrogen-bond donors (Lipinski definition) is 0. The van der Waals surface area contributed by atoms with Crippen molar-refractivity contribution in [3.63, 3.8) is 0 Å². The largest absolute Gasteiger partial charge is 0.465 e. The maximum absolute atomic E-state index is 12.8. The number of ether oxygens (including phenoxy) is 1. The number of nitrogens with zero attached hydrogens (tertiary/aromatic N) is 2. The fourth-order valence-corrected chi connectivity index (χ4v) is 4.24. The number of esters is 1. The first-order chi connectivity index (χ1) is 14.5. The van der Waals surface area contributed by atoms with Crippen LogP contribution in [0.4, 0.5) is 0 Å². The minimum absolute atomic E-state index is 0.0880. The molecule has 7 nitrogen and oxygen atoms in total. The highest BCUT2D eigenvalue weighted by atomic mass is 32.1. The number of amides is 1. The van der Waals surface area contributed by atoms with Gasteiger partial charge in [0.05, 0.1) is 16.8 Å². The molecule has 30 heavy (non-hydrogen) atoms. The van der Waals surface area contributed by atoms with E-state index in [1.807, 2.05) is 25.1 Å². The van der Waals surface area contributed by atoms with Crippen LogP contribution in [0.2, 0.25) is 0 Å². The van der Waals surface area contributed by atoms with E-state index in [0.29, 0.717) is 15.8 Å². The molecule has 0 fully saturated rings. The van der Waals surface area contributed by atoms with E-state index in [9.17, 15) is 14.4 Å². The third-order valence-corrected chi connectivity index (χ3v) is 5.54. The van der Waals surface area contributed by atoms with E-state index in [2.05, 4.69) is 4.99 Å². The zero-order chi connectivity index (χ0) is 21.3. The summed E-state index contributed by atoms with van der Waals surface area (Å²) in [5.41, 5.74) is 1.28. The lowest BCUT2D eigenvalue weighted by Gasteiger charge is -2.05. The average Bonchev–Trinajstić information content (AvgIpc) is 3.03. The van der Waals surface area contributed by atoms with E-state index in [0.717, 1.165) is 15.8 Å². The molecule has 0 aliphatic heterocycles. The summed E-state index contributed by atoms with van der Waals surface area (Å²) in [4.78, 5) is 41.7. The van der Waals surface area contributed by atoms with Gasteiger partial charge in [0.1, 0.15) is 17.7 Å². The molecule has 0 atom stereocenters. The molecule has 0 saturated carbocycles. The number of carbonyl (C=O) groups excluding carboxylic acids is 2. The van der Waals surface area contributed by atoms with Crippen molar-refractivity contribution in [2.75, 3.05) is 6.61 Å². The predicted octanol–water partition coefficient (Wildman–Crippen LogP) is 3.42. The number of thiazole rings is 1. The minimum Gasteiger partial charge on any atom is -0.465 e. The third-order valence-electron chi connectivity index (χ3n) is 4.50. The van der Waals surface area contributed by atoms with Gasteiger partial charge in [0.2, 0.25) is 0 Å². The number of hydrogen-bond acceptors (Lipinski definition) is 6. The molecule has 1 amide bonds. The van der Waals surface area contributed by atoms with Crippen LogP contribution in [0, 0.1) is 6.92 Å². The first kappa shape index (κ1) is 19.8. The lowest BCUT2D eigenvalue weighted by Crippen LogP contribution is -2.24. The van der Waals surface area contributed by atoms with Gasteiger partial charge in [-0.2, -0.15) is 4.99 Å². The molecular weight excluding hydrogens is 404 g/mol. The second-order valence-electron chi connectivity index (χ2n) is 6.65. The molecule has 0 N–H and O–H groups in total.